The number of ketones is 1. The van der Waals surface area contributed by atoms with Crippen LogP contribution in [0.5, 0.6) is 11.5 Å². The van der Waals surface area contributed by atoms with Crippen LogP contribution in [0.15, 0.2) is 42.2 Å². The van der Waals surface area contributed by atoms with Crippen LogP contribution in [0.25, 0.3) is 5.70 Å². The minimum atomic E-state index is -0.0646. The van der Waals surface area contributed by atoms with Crippen molar-refractivity contribution in [3.05, 3.63) is 58.9 Å². The molecule has 1 heterocycles. The van der Waals surface area contributed by atoms with E-state index in [1.807, 2.05) is 12.1 Å². The molecule has 0 bridgehead atoms. The van der Waals surface area contributed by atoms with Gasteiger partial charge < -0.3 is 15.2 Å². The van der Waals surface area contributed by atoms with Crippen LogP contribution in [0.1, 0.15) is 21.5 Å². The molecule has 3 rings (SSSR count). The van der Waals surface area contributed by atoms with Gasteiger partial charge in [0.2, 0.25) is 0 Å². The smallest absolute Gasteiger partial charge is 0.192 e. The number of nitrogens with two attached hydrogens (primary N) is 1. The molecule has 2 N–H and O–H groups in total. The second-order valence-corrected chi connectivity index (χ2v) is 5.01. The van der Waals surface area contributed by atoms with E-state index in [0.29, 0.717) is 40.3 Å². The number of hydrogen-bond donors (Lipinski definition) is 1. The van der Waals surface area contributed by atoms with E-state index in [1.54, 1.807) is 38.7 Å². The predicted octanol–water partition coefficient (Wildman–Crippen LogP) is 2.21. The number of aromatic nitrogens is 1. The lowest BCUT2D eigenvalue weighted by atomic mass is 10.0. The molecule has 0 atom stereocenters. The third-order valence-electron chi connectivity index (χ3n) is 3.79. The van der Waals surface area contributed by atoms with Gasteiger partial charge in [0.1, 0.15) is 0 Å². The van der Waals surface area contributed by atoms with Crippen molar-refractivity contribution in [1.82, 2.24) is 4.98 Å². The van der Waals surface area contributed by atoms with Crippen molar-refractivity contribution >= 4 is 11.5 Å². The number of carbonyl (C=O) groups excluding carboxylic acids is 1. The molecule has 0 fully saturated rings. The van der Waals surface area contributed by atoms with E-state index >= 15 is 0 Å². The number of fused-ring (bicyclic) bond motifs is 1. The molecule has 22 heavy (non-hydrogen) atoms. The van der Waals surface area contributed by atoms with E-state index < -0.39 is 0 Å². The number of benzene rings is 1. The summed E-state index contributed by atoms with van der Waals surface area (Å²) in [5.41, 5.74) is 9.53. The zero-order valence-electron chi connectivity index (χ0n) is 12.4. The molecule has 112 valence electrons. The van der Waals surface area contributed by atoms with Gasteiger partial charge in [0.15, 0.2) is 17.3 Å². The van der Waals surface area contributed by atoms with Crippen LogP contribution in [-0.4, -0.2) is 25.0 Å². The first-order chi connectivity index (χ1) is 10.7. The molecular weight excluding hydrogens is 280 g/mol. The lowest BCUT2D eigenvalue weighted by Crippen LogP contribution is -2.04. The van der Waals surface area contributed by atoms with E-state index in [9.17, 15) is 4.79 Å². The highest BCUT2D eigenvalue weighted by Gasteiger charge is 2.30. The summed E-state index contributed by atoms with van der Waals surface area (Å²) in [6, 6.07) is 7.18. The molecule has 0 radical (unpaired) electrons. The van der Waals surface area contributed by atoms with Crippen molar-refractivity contribution in [1.29, 1.82) is 0 Å². The Hall–Kier alpha value is -2.82. The fourth-order valence-corrected chi connectivity index (χ4v) is 2.62. The summed E-state index contributed by atoms with van der Waals surface area (Å²) in [4.78, 5) is 16.6. The SMILES string of the molecule is COc1cc2c(cc1OC)C(N)=C(Cc1ccncc1)C2=O. The summed E-state index contributed by atoms with van der Waals surface area (Å²) in [6.07, 6.45) is 3.88. The highest BCUT2D eigenvalue weighted by molar-refractivity contribution is 6.20. The van der Waals surface area contributed by atoms with Gasteiger partial charge >= 0.3 is 0 Å². The van der Waals surface area contributed by atoms with Crippen LogP contribution in [0.4, 0.5) is 0 Å². The molecule has 0 spiro atoms. The van der Waals surface area contributed by atoms with Crippen LogP contribution in [0.3, 0.4) is 0 Å². The van der Waals surface area contributed by atoms with Gasteiger partial charge in [0.05, 0.1) is 14.2 Å². The monoisotopic (exact) mass is 296 g/mol. The molecule has 0 unspecified atom stereocenters. The highest BCUT2D eigenvalue weighted by Crippen LogP contribution is 2.39. The Labute approximate surface area is 128 Å². The Bertz CT molecular complexity index is 767. The first-order valence-electron chi connectivity index (χ1n) is 6.84. The fraction of sp³-hybridized carbons (Fsp3) is 0.176. The quantitative estimate of drug-likeness (QED) is 0.936. The van der Waals surface area contributed by atoms with E-state index in [0.717, 1.165) is 5.56 Å². The maximum Gasteiger partial charge on any atom is 0.192 e. The van der Waals surface area contributed by atoms with Crippen LogP contribution in [-0.2, 0) is 6.42 Å². The summed E-state index contributed by atoms with van der Waals surface area (Å²) in [7, 11) is 3.09. The van der Waals surface area contributed by atoms with Gasteiger partial charge in [0.25, 0.3) is 0 Å². The molecule has 0 saturated carbocycles. The zero-order chi connectivity index (χ0) is 15.7. The predicted molar refractivity (Wildman–Crippen MR) is 82.9 cm³/mol. The fourth-order valence-electron chi connectivity index (χ4n) is 2.62. The minimum Gasteiger partial charge on any atom is -0.493 e. The topological polar surface area (TPSA) is 74.4 Å². The number of allylic oxidation sites excluding steroid dienone is 1. The maximum absolute atomic E-state index is 12.6. The third-order valence-corrected chi connectivity index (χ3v) is 3.79. The molecule has 0 amide bonds. The van der Waals surface area contributed by atoms with Crippen LogP contribution in [0, 0.1) is 0 Å². The normalized spacial score (nSPS) is 13.3. The average Bonchev–Trinajstić information content (AvgIpc) is 2.79. The standard InChI is InChI=1S/C17H16N2O3/c1-21-14-8-11-12(9-15(14)22-2)17(20)13(16(11)18)7-10-3-5-19-6-4-10/h3-6,8-9H,7,18H2,1-2H3. The molecule has 1 aliphatic rings. The van der Waals surface area contributed by atoms with E-state index in [-0.39, 0.29) is 5.78 Å². The molecule has 1 aliphatic carbocycles. The Morgan fingerprint density at radius 2 is 1.64 bits per heavy atom. The first-order valence-corrected chi connectivity index (χ1v) is 6.84. The Balaban J connectivity index is 2.03. The van der Waals surface area contributed by atoms with Crippen molar-refractivity contribution in [2.75, 3.05) is 14.2 Å². The number of nitrogens with zero attached hydrogens (tertiary/aromatic N) is 1. The molecular formula is C17H16N2O3. The number of methoxy groups -OCH3 is 2. The minimum absolute atomic E-state index is 0.0646. The van der Waals surface area contributed by atoms with Gasteiger partial charge in [-0.3, -0.25) is 9.78 Å². The summed E-state index contributed by atoms with van der Waals surface area (Å²) in [6.45, 7) is 0. The summed E-state index contributed by atoms with van der Waals surface area (Å²) >= 11 is 0. The molecule has 1 aromatic heterocycles. The summed E-state index contributed by atoms with van der Waals surface area (Å²) in [5.74, 6) is 1.01. The van der Waals surface area contributed by atoms with Crippen molar-refractivity contribution in [2.45, 2.75) is 6.42 Å². The molecule has 5 nitrogen and oxygen atoms in total. The summed E-state index contributed by atoms with van der Waals surface area (Å²) < 4.78 is 10.5. The van der Waals surface area contributed by atoms with Crippen LogP contribution >= 0.6 is 0 Å². The van der Waals surface area contributed by atoms with Gasteiger partial charge in [-0.25, -0.2) is 0 Å². The second kappa shape index (κ2) is 5.52. The van der Waals surface area contributed by atoms with Gasteiger partial charge in [-0.05, 0) is 29.8 Å². The van der Waals surface area contributed by atoms with E-state index in [4.69, 9.17) is 15.2 Å². The number of carbonyl (C=O) groups is 1. The average molecular weight is 296 g/mol. The Morgan fingerprint density at radius 1 is 1.05 bits per heavy atom. The van der Waals surface area contributed by atoms with E-state index in [1.165, 1.54) is 0 Å². The Kier molecular flexibility index (Phi) is 3.55. The molecule has 1 aromatic carbocycles. The largest absolute Gasteiger partial charge is 0.493 e. The lowest BCUT2D eigenvalue weighted by molar-refractivity contribution is 0.103. The summed E-state index contributed by atoms with van der Waals surface area (Å²) in [5, 5.41) is 0. The lowest BCUT2D eigenvalue weighted by Gasteiger charge is -2.09. The first kappa shape index (κ1) is 14.1. The molecule has 0 aliphatic heterocycles. The Morgan fingerprint density at radius 3 is 2.23 bits per heavy atom. The number of rotatable bonds is 4. The molecule has 0 saturated heterocycles. The number of hydrogen-bond acceptors (Lipinski definition) is 5. The molecule has 5 heteroatoms. The second-order valence-electron chi connectivity index (χ2n) is 5.01. The maximum atomic E-state index is 12.6. The van der Waals surface area contributed by atoms with Crippen molar-refractivity contribution in [2.24, 2.45) is 5.73 Å². The van der Waals surface area contributed by atoms with Gasteiger partial charge in [-0.15, -0.1) is 0 Å². The van der Waals surface area contributed by atoms with E-state index in [2.05, 4.69) is 4.98 Å². The zero-order valence-corrected chi connectivity index (χ0v) is 12.4. The van der Waals surface area contributed by atoms with Crippen molar-refractivity contribution in [3.8, 4) is 11.5 Å². The number of Topliss-reactive ketones (excluding diaryl/α,β-unsaturated/α-hetero) is 1. The van der Waals surface area contributed by atoms with Gasteiger partial charge in [0, 0.05) is 41.2 Å². The molecule has 2 aromatic rings. The number of ether oxygens (including phenoxy) is 2. The number of pyridine rings is 1. The van der Waals surface area contributed by atoms with Crippen LogP contribution in [0.2, 0.25) is 0 Å². The van der Waals surface area contributed by atoms with Gasteiger partial charge in [-0.2, -0.15) is 0 Å². The highest BCUT2D eigenvalue weighted by atomic mass is 16.5. The van der Waals surface area contributed by atoms with Crippen LogP contribution < -0.4 is 15.2 Å². The van der Waals surface area contributed by atoms with Crippen molar-refractivity contribution in [3.63, 3.8) is 0 Å². The van der Waals surface area contributed by atoms with Crippen molar-refractivity contribution < 1.29 is 14.3 Å². The van der Waals surface area contributed by atoms with Gasteiger partial charge in [-0.1, -0.05) is 0 Å². The third kappa shape index (κ3) is 2.20.